The van der Waals surface area contributed by atoms with E-state index in [1.54, 1.807) is 43.3 Å². The molecule has 3 heterocycles. The molecule has 8 atom stereocenters. The van der Waals surface area contributed by atoms with Crippen LogP contribution in [-0.2, 0) is 28.7 Å². The van der Waals surface area contributed by atoms with E-state index in [4.69, 9.17) is 21.1 Å². The van der Waals surface area contributed by atoms with E-state index in [0.29, 0.717) is 23.6 Å². The summed E-state index contributed by atoms with van der Waals surface area (Å²) in [6.45, 7) is 8.75. The molecule has 0 aromatic heterocycles. The fraction of sp³-hybridized carbons (Fsp3) is 0.429. The van der Waals surface area contributed by atoms with Crippen LogP contribution in [0.3, 0.4) is 0 Å². The number of nitrogens with zero attached hydrogens (tertiary/aromatic N) is 2. The molecule has 2 N–H and O–H groups in total. The van der Waals surface area contributed by atoms with Crippen LogP contribution in [0, 0.1) is 11.8 Å². The van der Waals surface area contributed by atoms with Gasteiger partial charge in [-0.1, -0.05) is 70.0 Å². The van der Waals surface area contributed by atoms with Crippen molar-refractivity contribution in [3.05, 3.63) is 90.5 Å². The highest BCUT2D eigenvalue weighted by Crippen LogP contribution is 2.60. The first-order valence-corrected chi connectivity index (χ1v) is 16.9. The van der Waals surface area contributed by atoms with Gasteiger partial charge < -0.3 is 29.7 Å². The molecular weight excluding hydrogens is 690 g/mol. The largest absolute Gasteiger partial charge is 0.463 e. The Bertz CT molecular complexity index is 1510. The molecule has 47 heavy (non-hydrogen) atoms. The van der Waals surface area contributed by atoms with E-state index in [-0.39, 0.29) is 24.4 Å². The lowest BCUT2D eigenvalue weighted by Gasteiger charge is -2.38. The smallest absolute Gasteiger partial charge is 0.306 e. The number of amides is 3. The molecule has 3 amide bonds. The number of fused-ring (bicyclic) bond motifs is 1. The molecule has 2 aromatic rings. The molecule has 5 rings (SSSR count). The third-order valence-corrected chi connectivity index (χ3v) is 10.3. The Kier molecular flexibility index (Phi) is 10.9. The van der Waals surface area contributed by atoms with Gasteiger partial charge in [0.15, 0.2) is 0 Å². The molecule has 1 unspecified atom stereocenters. The lowest BCUT2D eigenvalue weighted by atomic mass is 9.70. The minimum absolute atomic E-state index is 0.113. The summed E-state index contributed by atoms with van der Waals surface area (Å²) < 4.78 is 12.1. The van der Waals surface area contributed by atoms with Gasteiger partial charge in [-0.25, -0.2) is 0 Å². The number of halogens is 2. The Morgan fingerprint density at radius 1 is 1.19 bits per heavy atom. The van der Waals surface area contributed by atoms with E-state index < -0.39 is 72.0 Å². The number of hydrogen-bond donors (Lipinski definition) is 2. The number of anilines is 1. The molecule has 2 bridgehead atoms. The maximum Gasteiger partial charge on any atom is 0.306 e. The number of esters is 1. The Morgan fingerprint density at radius 3 is 2.53 bits per heavy atom. The van der Waals surface area contributed by atoms with Crippen molar-refractivity contribution < 1.29 is 33.8 Å². The number of alkyl halides is 1. The summed E-state index contributed by atoms with van der Waals surface area (Å²) in [5.41, 5.74) is -0.0753. The topological polar surface area (TPSA) is 125 Å². The zero-order valence-corrected chi connectivity index (χ0v) is 28.4. The number of carbonyl (C=O) groups excluding carboxylic acids is 4. The van der Waals surface area contributed by atoms with Crippen LogP contribution >= 0.6 is 27.5 Å². The maximum absolute atomic E-state index is 14.6. The molecule has 10 nitrogen and oxygen atoms in total. The third-order valence-electron chi connectivity index (χ3n) is 9.20. The van der Waals surface area contributed by atoms with Gasteiger partial charge in [-0.05, 0) is 49.6 Å². The first kappa shape index (κ1) is 34.8. The monoisotopic (exact) mass is 727 g/mol. The molecule has 3 aliphatic heterocycles. The van der Waals surface area contributed by atoms with E-state index in [9.17, 15) is 24.3 Å². The standard InChI is InChI=1S/C35H39BrClN3O7/c1-4-6-12-27(42)46-20-26(22-10-8-7-9-11-22)38-32(43)28-29-33(44)40(21(3)19-41)31(35(29)18-25(36)30(28)47-35)34(45)39(17-5-2)24-15-13-23(37)14-16-24/h4-5,7-11,13-16,21,25-26,28-31,41H,1-2,6,12,17-20H2,3H3,(H,38,43)/t21-,25?,26+,28+,29-,30+,31+,35-/m1/s1. The summed E-state index contributed by atoms with van der Waals surface area (Å²) in [7, 11) is 0. The van der Waals surface area contributed by atoms with Crippen LogP contribution in [0.2, 0.25) is 5.02 Å². The first-order chi connectivity index (χ1) is 22.6. The van der Waals surface area contributed by atoms with Crippen LogP contribution < -0.4 is 10.2 Å². The van der Waals surface area contributed by atoms with Crippen LogP contribution in [0.25, 0.3) is 0 Å². The quantitative estimate of drug-likeness (QED) is 0.168. The van der Waals surface area contributed by atoms with E-state index in [1.807, 2.05) is 30.3 Å². The summed E-state index contributed by atoms with van der Waals surface area (Å²) in [6, 6.07) is 13.3. The molecule has 12 heteroatoms. The highest BCUT2D eigenvalue weighted by molar-refractivity contribution is 9.09. The van der Waals surface area contributed by atoms with E-state index in [0.717, 1.165) is 5.56 Å². The number of carbonyl (C=O) groups is 4. The zero-order valence-electron chi connectivity index (χ0n) is 26.1. The predicted octanol–water partition coefficient (Wildman–Crippen LogP) is 4.35. The minimum atomic E-state index is -1.34. The minimum Gasteiger partial charge on any atom is -0.463 e. The lowest BCUT2D eigenvalue weighted by molar-refractivity contribution is -0.146. The van der Waals surface area contributed by atoms with Crippen LogP contribution in [0.15, 0.2) is 79.9 Å². The number of benzene rings is 2. The van der Waals surface area contributed by atoms with Gasteiger partial charge in [0.05, 0.1) is 36.6 Å². The Morgan fingerprint density at radius 2 is 1.89 bits per heavy atom. The molecule has 0 aliphatic carbocycles. The van der Waals surface area contributed by atoms with Crippen molar-refractivity contribution in [2.45, 2.75) is 60.8 Å². The lowest BCUT2D eigenvalue weighted by Crippen LogP contribution is -2.59. The molecule has 3 aliphatic rings. The van der Waals surface area contributed by atoms with Crippen molar-refractivity contribution in [3.8, 4) is 0 Å². The van der Waals surface area contributed by atoms with Gasteiger partial charge >= 0.3 is 5.97 Å². The number of rotatable bonds is 14. The van der Waals surface area contributed by atoms with Crippen LogP contribution in [0.4, 0.5) is 5.69 Å². The van der Waals surface area contributed by atoms with E-state index >= 15 is 0 Å². The number of ether oxygens (including phenoxy) is 2. The number of likely N-dealkylation sites (tertiary alicyclic amines) is 1. The number of aliphatic hydroxyl groups excluding tert-OH is 1. The summed E-state index contributed by atoms with van der Waals surface area (Å²) >= 11 is 9.82. The Hall–Kier alpha value is -3.51. The summed E-state index contributed by atoms with van der Waals surface area (Å²) in [4.78, 5) is 58.2. The SMILES string of the molecule is C=CCCC(=O)OC[C@H](NC(=O)[C@@H]1[C@H]2O[C@@]3(CC2Br)[C@H](C(=O)N(CC=C)c2ccc(Cl)cc2)N([C@H](C)CO)C(=O)[C@@H]13)c1ccccc1. The molecular formula is C35H39BrClN3O7. The highest BCUT2D eigenvalue weighted by atomic mass is 79.9. The first-order valence-electron chi connectivity index (χ1n) is 15.6. The van der Waals surface area contributed by atoms with E-state index in [1.165, 1.54) is 9.80 Å². The summed E-state index contributed by atoms with van der Waals surface area (Å²) in [5.74, 6) is -3.69. The molecule has 3 fully saturated rings. The van der Waals surface area contributed by atoms with Gasteiger partial charge in [-0.3, -0.25) is 19.2 Å². The average Bonchev–Trinajstić information content (AvgIpc) is 3.67. The summed E-state index contributed by atoms with van der Waals surface area (Å²) in [5, 5.41) is 13.8. The van der Waals surface area contributed by atoms with Gasteiger partial charge in [-0.15, -0.1) is 13.2 Å². The Balaban J connectivity index is 1.49. The van der Waals surface area contributed by atoms with Gasteiger partial charge in [0.25, 0.3) is 5.91 Å². The molecule has 250 valence electrons. The van der Waals surface area contributed by atoms with Crippen molar-refractivity contribution in [1.82, 2.24) is 10.2 Å². The Labute approximate surface area is 287 Å². The molecule has 0 saturated carbocycles. The molecule has 3 saturated heterocycles. The highest BCUT2D eigenvalue weighted by Gasteiger charge is 2.77. The maximum atomic E-state index is 14.6. The molecule has 2 aromatic carbocycles. The van der Waals surface area contributed by atoms with Crippen molar-refractivity contribution in [3.63, 3.8) is 0 Å². The van der Waals surface area contributed by atoms with Gasteiger partial charge in [0.1, 0.15) is 18.2 Å². The second kappa shape index (κ2) is 14.7. The van der Waals surface area contributed by atoms with Crippen LogP contribution in [0.1, 0.15) is 37.8 Å². The second-order valence-electron chi connectivity index (χ2n) is 12.1. The fourth-order valence-corrected chi connectivity index (χ4v) is 8.14. The third kappa shape index (κ3) is 6.63. The molecule has 1 spiro atoms. The fourth-order valence-electron chi connectivity index (χ4n) is 7.07. The van der Waals surface area contributed by atoms with Crippen molar-refractivity contribution in [2.75, 3.05) is 24.7 Å². The van der Waals surface area contributed by atoms with Crippen molar-refractivity contribution >= 4 is 56.9 Å². The van der Waals surface area contributed by atoms with Crippen LogP contribution in [-0.4, -0.2) is 82.1 Å². The van der Waals surface area contributed by atoms with E-state index in [2.05, 4.69) is 34.4 Å². The average molecular weight is 729 g/mol. The number of aliphatic hydroxyl groups is 1. The van der Waals surface area contributed by atoms with Gasteiger partial charge in [-0.2, -0.15) is 0 Å². The second-order valence-corrected chi connectivity index (χ2v) is 13.7. The number of hydrogen-bond acceptors (Lipinski definition) is 7. The predicted molar refractivity (Wildman–Crippen MR) is 181 cm³/mol. The molecule has 0 radical (unpaired) electrons. The number of nitrogens with one attached hydrogen (secondary N) is 1. The van der Waals surface area contributed by atoms with Crippen molar-refractivity contribution in [2.24, 2.45) is 11.8 Å². The van der Waals surface area contributed by atoms with Crippen molar-refractivity contribution in [1.29, 1.82) is 0 Å². The van der Waals surface area contributed by atoms with Gasteiger partial charge in [0.2, 0.25) is 11.8 Å². The zero-order chi connectivity index (χ0) is 33.9. The summed E-state index contributed by atoms with van der Waals surface area (Å²) in [6.07, 6.45) is 3.43. The van der Waals surface area contributed by atoms with Gasteiger partial charge in [0, 0.05) is 28.5 Å². The normalized spacial score (nSPS) is 27.1. The number of allylic oxidation sites excluding steroid dienone is 1. The van der Waals surface area contributed by atoms with Crippen LogP contribution in [0.5, 0.6) is 0 Å².